The van der Waals surface area contributed by atoms with Crippen molar-refractivity contribution in [3.63, 3.8) is 0 Å². The molecule has 22 heavy (non-hydrogen) atoms. The Kier molecular flexibility index (Phi) is 3.11. The third-order valence-electron chi connectivity index (χ3n) is 4.06. The summed E-state index contributed by atoms with van der Waals surface area (Å²) in [4.78, 5) is 18.6. The van der Waals surface area contributed by atoms with Crippen LogP contribution in [-0.4, -0.2) is 27.2 Å². The molecule has 2 heterocycles. The molecular weight excluding hydrogens is 276 g/mol. The highest BCUT2D eigenvalue weighted by Gasteiger charge is 2.24. The van der Waals surface area contributed by atoms with Crippen molar-refractivity contribution in [1.29, 1.82) is 0 Å². The Morgan fingerprint density at radius 1 is 1.09 bits per heavy atom. The zero-order valence-electron chi connectivity index (χ0n) is 12.1. The molecule has 4 rings (SSSR count). The SMILES string of the molecule is O=C(Cc1ccc2ccccc2c1)N1CCCn2ncnc21. The fourth-order valence-electron chi connectivity index (χ4n) is 2.96. The van der Waals surface area contributed by atoms with Crippen LogP contribution in [0.4, 0.5) is 5.95 Å². The van der Waals surface area contributed by atoms with Crippen molar-refractivity contribution in [2.24, 2.45) is 0 Å². The van der Waals surface area contributed by atoms with Gasteiger partial charge in [-0.25, -0.2) is 4.68 Å². The molecule has 110 valence electrons. The smallest absolute Gasteiger partial charge is 0.233 e. The molecule has 1 aliphatic heterocycles. The molecular formula is C17H16N4O. The summed E-state index contributed by atoms with van der Waals surface area (Å²) < 4.78 is 1.79. The van der Waals surface area contributed by atoms with Crippen LogP contribution < -0.4 is 4.90 Å². The highest BCUT2D eigenvalue weighted by molar-refractivity contribution is 5.94. The second-order valence-electron chi connectivity index (χ2n) is 5.54. The Labute approximate surface area is 128 Å². The number of carbonyl (C=O) groups excluding carboxylic acids is 1. The quantitative estimate of drug-likeness (QED) is 0.729. The predicted octanol–water partition coefficient (Wildman–Crippen LogP) is 2.41. The van der Waals surface area contributed by atoms with Gasteiger partial charge in [0.1, 0.15) is 6.33 Å². The number of fused-ring (bicyclic) bond motifs is 2. The summed E-state index contributed by atoms with van der Waals surface area (Å²) in [7, 11) is 0. The Balaban J connectivity index is 1.59. The average molecular weight is 292 g/mol. The standard InChI is InChI=1S/C17H16N4O/c22-16(20-8-3-9-21-17(20)18-12-19-21)11-13-6-7-14-4-1-2-5-15(14)10-13/h1-2,4-7,10,12H,3,8-9,11H2. The highest BCUT2D eigenvalue weighted by atomic mass is 16.2. The van der Waals surface area contributed by atoms with Gasteiger partial charge < -0.3 is 0 Å². The molecule has 0 aliphatic carbocycles. The molecule has 0 radical (unpaired) electrons. The molecule has 0 spiro atoms. The number of nitrogens with zero attached hydrogens (tertiary/aromatic N) is 4. The zero-order chi connectivity index (χ0) is 14.9. The molecule has 0 atom stereocenters. The monoisotopic (exact) mass is 292 g/mol. The van der Waals surface area contributed by atoms with E-state index in [-0.39, 0.29) is 5.91 Å². The number of aryl methyl sites for hydroxylation is 1. The third-order valence-corrected chi connectivity index (χ3v) is 4.06. The summed E-state index contributed by atoms with van der Waals surface area (Å²) in [5.41, 5.74) is 1.03. The van der Waals surface area contributed by atoms with E-state index in [9.17, 15) is 4.79 Å². The maximum absolute atomic E-state index is 12.6. The molecule has 3 aromatic rings. The molecule has 0 N–H and O–H groups in total. The summed E-state index contributed by atoms with van der Waals surface area (Å²) >= 11 is 0. The number of rotatable bonds is 2. The minimum absolute atomic E-state index is 0.0734. The summed E-state index contributed by atoms with van der Waals surface area (Å²) in [5.74, 6) is 0.737. The Hall–Kier alpha value is -2.69. The van der Waals surface area contributed by atoms with Crippen LogP contribution in [0.5, 0.6) is 0 Å². The molecule has 0 bridgehead atoms. The molecule has 0 unspecified atom stereocenters. The van der Waals surface area contributed by atoms with Crippen molar-refractivity contribution >= 4 is 22.6 Å². The molecule has 2 aromatic carbocycles. The summed E-state index contributed by atoms with van der Waals surface area (Å²) in [5, 5.41) is 6.50. The molecule has 5 nitrogen and oxygen atoms in total. The zero-order valence-corrected chi connectivity index (χ0v) is 12.1. The number of benzene rings is 2. The van der Waals surface area contributed by atoms with Crippen LogP contribution in [-0.2, 0) is 17.8 Å². The topological polar surface area (TPSA) is 51.0 Å². The average Bonchev–Trinajstić information content (AvgIpc) is 3.03. The molecule has 1 aromatic heterocycles. The van der Waals surface area contributed by atoms with Gasteiger partial charge in [0.25, 0.3) is 0 Å². The lowest BCUT2D eigenvalue weighted by atomic mass is 10.0. The van der Waals surface area contributed by atoms with Crippen molar-refractivity contribution < 1.29 is 4.79 Å². The first-order valence-corrected chi connectivity index (χ1v) is 7.47. The van der Waals surface area contributed by atoms with Gasteiger partial charge in [-0.2, -0.15) is 10.1 Å². The van der Waals surface area contributed by atoms with Crippen molar-refractivity contribution in [3.8, 4) is 0 Å². The summed E-state index contributed by atoms with van der Waals surface area (Å²) in [6, 6.07) is 14.4. The summed E-state index contributed by atoms with van der Waals surface area (Å²) in [6.07, 6.45) is 2.81. The van der Waals surface area contributed by atoms with Gasteiger partial charge in [-0.05, 0) is 22.8 Å². The second kappa shape index (κ2) is 5.26. The van der Waals surface area contributed by atoms with E-state index < -0.39 is 0 Å². The predicted molar refractivity (Wildman–Crippen MR) is 84.6 cm³/mol. The number of carbonyl (C=O) groups is 1. The first kappa shape index (κ1) is 13.0. The number of aromatic nitrogens is 3. The van der Waals surface area contributed by atoms with Gasteiger partial charge in [-0.15, -0.1) is 0 Å². The lowest BCUT2D eigenvalue weighted by Crippen LogP contribution is -2.39. The van der Waals surface area contributed by atoms with Crippen molar-refractivity contribution in [1.82, 2.24) is 14.8 Å². The number of hydrogen-bond donors (Lipinski definition) is 0. The van der Waals surface area contributed by atoms with E-state index in [1.54, 1.807) is 9.58 Å². The highest BCUT2D eigenvalue weighted by Crippen LogP contribution is 2.20. The third kappa shape index (κ3) is 2.24. The van der Waals surface area contributed by atoms with Crippen LogP contribution in [0, 0.1) is 0 Å². The van der Waals surface area contributed by atoms with E-state index >= 15 is 0 Å². The van der Waals surface area contributed by atoms with Gasteiger partial charge >= 0.3 is 0 Å². The number of hydrogen-bond acceptors (Lipinski definition) is 3. The maximum atomic E-state index is 12.6. The number of anilines is 1. The molecule has 0 saturated heterocycles. The fourth-order valence-corrected chi connectivity index (χ4v) is 2.96. The first-order chi connectivity index (χ1) is 10.8. The normalized spacial score (nSPS) is 14.1. The van der Waals surface area contributed by atoms with Gasteiger partial charge in [0.2, 0.25) is 11.9 Å². The Morgan fingerprint density at radius 2 is 1.95 bits per heavy atom. The van der Waals surface area contributed by atoms with Crippen LogP contribution in [0.3, 0.4) is 0 Å². The van der Waals surface area contributed by atoms with Crippen LogP contribution in [0.2, 0.25) is 0 Å². The van der Waals surface area contributed by atoms with Crippen LogP contribution in [0.15, 0.2) is 48.8 Å². The van der Waals surface area contributed by atoms with Gasteiger partial charge in [-0.3, -0.25) is 9.69 Å². The van der Waals surface area contributed by atoms with Crippen molar-refractivity contribution in [3.05, 3.63) is 54.4 Å². The minimum atomic E-state index is 0.0734. The van der Waals surface area contributed by atoms with Gasteiger partial charge in [-0.1, -0.05) is 42.5 Å². The van der Waals surface area contributed by atoms with E-state index in [4.69, 9.17) is 0 Å². The molecule has 5 heteroatoms. The van der Waals surface area contributed by atoms with Crippen molar-refractivity contribution in [2.45, 2.75) is 19.4 Å². The van der Waals surface area contributed by atoms with Crippen molar-refractivity contribution in [2.75, 3.05) is 11.4 Å². The van der Waals surface area contributed by atoms with Crippen LogP contribution in [0.25, 0.3) is 10.8 Å². The fraction of sp³-hybridized carbons (Fsp3) is 0.235. The summed E-state index contributed by atoms with van der Waals surface area (Å²) in [6.45, 7) is 1.54. The van der Waals surface area contributed by atoms with E-state index in [1.807, 2.05) is 18.2 Å². The molecule has 1 aliphatic rings. The molecule has 0 fully saturated rings. The lowest BCUT2D eigenvalue weighted by molar-refractivity contribution is -0.118. The van der Waals surface area contributed by atoms with Crippen LogP contribution >= 0.6 is 0 Å². The van der Waals surface area contributed by atoms with E-state index in [0.717, 1.165) is 23.9 Å². The number of amides is 1. The maximum Gasteiger partial charge on any atom is 0.233 e. The van der Waals surface area contributed by atoms with Crippen LogP contribution in [0.1, 0.15) is 12.0 Å². The largest absolute Gasteiger partial charge is 0.281 e. The van der Waals surface area contributed by atoms with Gasteiger partial charge in [0.15, 0.2) is 0 Å². The van der Waals surface area contributed by atoms with E-state index in [2.05, 4.69) is 34.3 Å². The lowest BCUT2D eigenvalue weighted by Gasteiger charge is -2.26. The van der Waals surface area contributed by atoms with Gasteiger partial charge in [0, 0.05) is 13.1 Å². The van der Waals surface area contributed by atoms with E-state index in [0.29, 0.717) is 18.9 Å². The van der Waals surface area contributed by atoms with Gasteiger partial charge in [0.05, 0.1) is 6.42 Å². The Bertz CT molecular complexity index is 839. The first-order valence-electron chi connectivity index (χ1n) is 7.47. The second-order valence-corrected chi connectivity index (χ2v) is 5.54. The Morgan fingerprint density at radius 3 is 2.86 bits per heavy atom. The minimum Gasteiger partial charge on any atom is -0.281 e. The molecule has 1 amide bonds. The molecule has 0 saturated carbocycles. The van der Waals surface area contributed by atoms with E-state index in [1.165, 1.54) is 11.7 Å².